The second kappa shape index (κ2) is 4.97. The van der Waals surface area contributed by atoms with Crippen LogP contribution in [0.2, 0.25) is 0 Å². The molecular weight excluding hydrogens is 214 g/mol. The molecule has 1 aliphatic heterocycles. The number of hydrogen-bond acceptors (Lipinski definition) is 2. The number of likely N-dealkylation sites (tertiary alicyclic amines) is 1. The molecule has 17 heavy (non-hydrogen) atoms. The van der Waals surface area contributed by atoms with E-state index in [1.807, 2.05) is 13.8 Å². The number of carbonyl (C=O) groups is 1. The van der Waals surface area contributed by atoms with Gasteiger partial charge < -0.3 is 9.64 Å². The first-order valence-corrected chi connectivity index (χ1v) is 6.91. The van der Waals surface area contributed by atoms with E-state index in [1.54, 1.807) is 7.11 Å². The maximum atomic E-state index is 12.5. The molecule has 0 spiro atoms. The fraction of sp³-hybridized carbons (Fsp3) is 0.929. The minimum atomic E-state index is -0.0261. The molecule has 1 saturated carbocycles. The summed E-state index contributed by atoms with van der Waals surface area (Å²) in [5.74, 6) is 1.03. The van der Waals surface area contributed by atoms with Crippen molar-refractivity contribution in [3.8, 4) is 0 Å². The van der Waals surface area contributed by atoms with Gasteiger partial charge in [0, 0.05) is 19.2 Å². The van der Waals surface area contributed by atoms with Crippen LogP contribution in [0.1, 0.15) is 46.5 Å². The van der Waals surface area contributed by atoms with Crippen LogP contribution in [-0.2, 0) is 9.53 Å². The summed E-state index contributed by atoms with van der Waals surface area (Å²) in [6, 6.07) is 0.938. The Labute approximate surface area is 105 Å². The summed E-state index contributed by atoms with van der Waals surface area (Å²) in [6.07, 6.45) is 5.02. The number of methoxy groups -OCH3 is 1. The normalized spacial score (nSPS) is 35.8. The molecule has 5 atom stereocenters. The second-order valence-corrected chi connectivity index (χ2v) is 5.82. The molecule has 98 valence electrons. The molecule has 1 saturated heterocycles. The Morgan fingerprint density at radius 1 is 1.35 bits per heavy atom. The third-order valence-electron chi connectivity index (χ3n) is 4.81. The summed E-state index contributed by atoms with van der Waals surface area (Å²) >= 11 is 0. The van der Waals surface area contributed by atoms with Crippen LogP contribution in [-0.4, -0.2) is 36.1 Å². The van der Waals surface area contributed by atoms with E-state index in [2.05, 4.69) is 11.8 Å². The molecule has 0 aromatic rings. The van der Waals surface area contributed by atoms with Crippen molar-refractivity contribution >= 4 is 5.91 Å². The highest BCUT2D eigenvalue weighted by Crippen LogP contribution is 2.41. The summed E-state index contributed by atoms with van der Waals surface area (Å²) in [4.78, 5) is 14.7. The Bertz CT molecular complexity index is 292. The molecule has 0 aromatic heterocycles. The molecule has 2 fully saturated rings. The van der Waals surface area contributed by atoms with Crippen LogP contribution in [0.5, 0.6) is 0 Å². The fourth-order valence-corrected chi connectivity index (χ4v) is 3.56. The van der Waals surface area contributed by atoms with Gasteiger partial charge in [0.05, 0.1) is 12.0 Å². The van der Waals surface area contributed by atoms with Crippen LogP contribution < -0.4 is 0 Å². The summed E-state index contributed by atoms with van der Waals surface area (Å²) in [6.45, 7) is 6.17. The first-order chi connectivity index (χ1) is 8.06. The van der Waals surface area contributed by atoms with E-state index in [0.29, 0.717) is 18.0 Å². The Hall–Kier alpha value is -0.570. The number of amides is 1. The Morgan fingerprint density at radius 2 is 2.06 bits per heavy atom. The Kier molecular flexibility index (Phi) is 3.76. The van der Waals surface area contributed by atoms with Crippen LogP contribution >= 0.6 is 0 Å². The molecule has 2 aliphatic rings. The number of fused-ring (bicyclic) bond motifs is 1. The molecule has 1 heterocycles. The van der Waals surface area contributed by atoms with E-state index >= 15 is 0 Å². The lowest BCUT2D eigenvalue weighted by Gasteiger charge is -2.32. The van der Waals surface area contributed by atoms with Crippen LogP contribution in [0.4, 0.5) is 0 Å². The van der Waals surface area contributed by atoms with Crippen LogP contribution in [0.15, 0.2) is 0 Å². The molecular formula is C14H25NO2. The summed E-state index contributed by atoms with van der Waals surface area (Å²) in [7, 11) is 1.68. The monoisotopic (exact) mass is 239 g/mol. The number of ether oxygens (including phenoxy) is 1. The van der Waals surface area contributed by atoms with E-state index in [0.717, 1.165) is 5.92 Å². The highest BCUT2D eigenvalue weighted by Gasteiger charge is 2.45. The molecule has 3 heteroatoms. The molecule has 4 unspecified atom stereocenters. The zero-order chi connectivity index (χ0) is 12.6. The summed E-state index contributed by atoms with van der Waals surface area (Å²) < 4.78 is 5.29. The van der Waals surface area contributed by atoms with E-state index < -0.39 is 0 Å². The SMILES string of the molecule is COC(C)C(C)C(=O)N1C2CCCC2C[C@H]1C. The van der Waals surface area contributed by atoms with Crippen molar-refractivity contribution in [1.29, 1.82) is 0 Å². The zero-order valence-electron chi connectivity index (χ0n) is 11.5. The van der Waals surface area contributed by atoms with Gasteiger partial charge in [-0.2, -0.15) is 0 Å². The van der Waals surface area contributed by atoms with Crippen molar-refractivity contribution in [3.63, 3.8) is 0 Å². The van der Waals surface area contributed by atoms with Crippen molar-refractivity contribution in [2.24, 2.45) is 11.8 Å². The van der Waals surface area contributed by atoms with E-state index in [1.165, 1.54) is 25.7 Å². The molecule has 1 aliphatic carbocycles. The standard InChI is InChI=1S/C14H25NO2/c1-9-8-12-6-5-7-13(12)15(9)14(16)10(2)11(3)17-4/h9-13H,5-8H2,1-4H3/t9-,10?,11?,12?,13?/m1/s1. The first kappa shape index (κ1) is 12.9. The Balaban J connectivity index is 2.08. The molecule has 0 radical (unpaired) electrons. The summed E-state index contributed by atoms with van der Waals surface area (Å²) in [5.41, 5.74) is 0. The maximum Gasteiger partial charge on any atom is 0.228 e. The van der Waals surface area contributed by atoms with Crippen molar-refractivity contribution in [2.75, 3.05) is 7.11 Å². The average Bonchev–Trinajstić information content (AvgIpc) is 2.85. The minimum Gasteiger partial charge on any atom is -0.381 e. The number of carbonyl (C=O) groups excluding carboxylic acids is 1. The highest BCUT2D eigenvalue weighted by molar-refractivity contribution is 5.80. The third kappa shape index (κ3) is 2.22. The van der Waals surface area contributed by atoms with Gasteiger partial charge in [0.25, 0.3) is 0 Å². The second-order valence-electron chi connectivity index (χ2n) is 5.82. The van der Waals surface area contributed by atoms with Crippen molar-refractivity contribution in [3.05, 3.63) is 0 Å². The lowest BCUT2D eigenvalue weighted by molar-refractivity contribution is -0.141. The van der Waals surface area contributed by atoms with Crippen LogP contribution in [0.25, 0.3) is 0 Å². The molecule has 0 N–H and O–H groups in total. The maximum absolute atomic E-state index is 12.5. The van der Waals surface area contributed by atoms with Crippen molar-refractivity contribution in [1.82, 2.24) is 4.90 Å². The largest absolute Gasteiger partial charge is 0.381 e. The molecule has 0 aromatic carbocycles. The van der Waals surface area contributed by atoms with Crippen LogP contribution in [0, 0.1) is 11.8 Å². The lowest BCUT2D eigenvalue weighted by Crippen LogP contribution is -2.45. The van der Waals surface area contributed by atoms with Gasteiger partial charge in [-0.1, -0.05) is 13.3 Å². The quantitative estimate of drug-likeness (QED) is 0.757. The predicted octanol–water partition coefficient (Wildman–Crippen LogP) is 2.45. The van der Waals surface area contributed by atoms with Crippen molar-refractivity contribution in [2.45, 2.75) is 64.6 Å². The average molecular weight is 239 g/mol. The van der Waals surface area contributed by atoms with Gasteiger partial charge in [0.15, 0.2) is 0 Å². The van der Waals surface area contributed by atoms with Gasteiger partial charge >= 0.3 is 0 Å². The van der Waals surface area contributed by atoms with Gasteiger partial charge in [0.2, 0.25) is 5.91 Å². The predicted molar refractivity (Wildman–Crippen MR) is 67.7 cm³/mol. The van der Waals surface area contributed by atoms with Crippen LogP contribution in [0.3, 0.4) is 0 Å². The molecule has 2 rings (SSSR count). The smallest absolute Gasteiger partial charge is 0.228 e. The van der Waals surface area contributed by atoms with Gasteiger partial charge in [-0.25, -0.2) is 0 Å². The topological polar surface area (TPSA) is 29.5 Å². The number of nitrogens with zero attached hydrogens (tertiary/aromatic N) is 1. The molecule has 0 bridgehead atoms. The number of hydrogen-bond donors (Lipinski definition) is 0. The molecule has 1 amide bonds. The third-order valence-corrected chi connectivity index (χ3v) is 4.81. The van der Waals surface area contributed by atoms with Gasteiger partial charge in [-0.3, -0.25) is 4.79 Å². The molecule has 3 nitrogen and oxygen atoms in total. The fourth-order valence-electron chi connectivity index (χ4n) is 3.56. The van der Waals surface area contributed by atoms with Gasteiger partial charge in [0.1, 0.15) is 0 Å². The Morgan fingerprint density at radius 3 is 2.71 bits per heavy atom. The summed E-state index contributed by atoms with van der Waals surface area (Å²) in [5, 5.41) is 0. The zero-order valence-corrected chi connectivity index (χ0v) is 11.5. The first-order valence-electron chi connectivity index (χ1n) is 6.91. The lowest BCUT2D eigenvalue weighted by atomic mass is 10.0. The van der Waals surface area contributed by atoms with E-state index in [9.17, 15) is 4.79 Å². The van der Waals surface area contributed by atoms with E-state index in [4.69, 9.17) is 4.74 Å². The number of rotatable bonds is 3. The van der Waals surface area contributed by atoms with E-state index in [-0.39, 0.29) is 12.0 Å². The minimum absolute atomic E-state index is 0.00940. The highest BCUT2D eigenvalue weighted by atomic mass is 16.5. The van der Waals surface area contributed by atoms with Gasteiger partial charge in [-0.15, -0.1) is 0 Å². The van der Waals surface area contributed by atoms with Crippen molar-refractivity contribution < 1.29 is 9.53 Å². The van der Waals surface area contributed by atoms with Gasteiger partial charge in [-0.05, 0) is 39.0 Å².